The summed E-state index contributed by atoms with van der Waals surface area (Å²) in [5.74, 6) is 0.205. The van der Waals surface area contributed by atoms with Gasteiger partial charge in [0.05, 0.1) is 10.7 Å². The predicted molar refractivity (Wildman–Crippen MR) is 102 cm³/mol. The molecule has 3 rings (SSSR count). The molecule has 0 bridgehead atoms. The molecular weight excluding hydrogens is 363 g/mol. The molecule has 0 aliphatic carbocycles. The van der Waals surface area contributed by atoms with Crippen molar-refractivity contribution in [2.24, 2.45) is 0 Å². The lowest BCUT2D eigenvalue weighted by atomic mass is 10.1. The van der Waals surface area contributed by atoms with E-state index in [2.05, 4.69) is 10.3 Å². The van der Waals surface area contributed by atoms with Crippen LogP contribution in [0.2, 0.25) is 5.02 Å². The lowest BCUT2D eigenvalue weighted by Crippen LogP contribution is -2.11. The van der Waals surface area contributed by atoms with E-state index in [1.165, 1.54) is 11.3 Å². The molecule has 1 N–H and O–H groups in total. The Hall–Kier alpha value is -1.88. The lowest BCUT2D eigenvalue weighted by molar-refractivity contribution is -0.115. The standard InChI is InChI=1S/C18H14Cl2N2OS/c19-9-8-17(23)21-13-5-3-4-12(10-13)16-11-24-18(22-16)14-6-1-2-7-15(14)20/h1-7,10-11H,8-9H2,(H,21,23). The van der Waals surface area contributed by atoms with Gasteiger partial charge < -0.3 is 5.32 Å². The van der Waals surface area contributed by atoms with Crippen molar-refractivity contribution in [2.75, 3.05) is 11.2 Å². The third kappa shape index (κ3) is 3.96. The number of hydrogen-bond donors (Lipinski definition) is 1. The van der Waals surface area contributed by atoms with Crippen molar-refractivity contribution in [2.45, 2.75) is 6.42 Å². The molecule has 1 heterocycles. The van der Waals surface area contributed by atoms with Gasteiger partial charge in [0.15, 0.2) is 0 Å². The molecule has 2 aromatic carbocycles. The largest absolute Gasteiger partial charge is 0.326 e. The Morgan fingerprint density at radius 2 is 2.00 bits per heavy atom. The van der Waals surface area contributed by atoms with E-state index in [9.17, 15) is 4.79 Å². The third-order valence-corrected chi connectivity index (χ3v) is 4.77. The summed E-state index contributed by atoms with van der Waals surface area (Å²) in [7, 11) is 0. The summed E-state index contributed by atoms with van der Waals surface area (Å²) < 4.78 is 0. The molecule has 0 spiro atoms. The number of hydrogen-bond acceptors (Lipinski definition) is 3. The minimum atomic E-state index is -0.0998. The smallest absolute Gasteiger partial charge is 0.225 e. The molecule has 1 amide bonds. The van der Waals surface area contributed by atoms with E-state index in [0.29, 0.717) is 17.3 Å². The number of thiazole rings is 1. The SMILES string of the molecule is O=C(CCCl)Nc1cccc(-c2csc(-c3ccccc3Cl)n2)c1. The number of aromatic nitrogens is 1. The summed E-state index contributed by atoms with van der Waals surface area (Å²) in [6.07, 6.45) is 0.291. The Bertz CT molecular complexity index is 863. The van der Waals surface area contributed by atoms with Crippen molar-refractivity contribution >= 4 is 46.1 Å². The number of nitrogens with one attached hydrogen (secondary N) is 1. The second-order valence-electron chi connectivity index (χ2n) is 5.09. The number of alkyl halides is 1. The molecule has 0 saturated heterocycles. The van der Waals surface area contributed by atoms with Gasteiger partial charge in [0.1, 0.15) is 5.01 Å². The molecular formula is C18H14Cl2N2OS. The number of carbonyl (C=O) groups excluding carboxylic acids is 1. The highest BCUT2D eigenvalue weighted by Gasteiger charge is 2.10. The third-order valence-electron chi connectivity index (χ3n) is 3.37. The maximum atomic E-state index is 11.7. The van der Waals surface area contributed by atoms with Crippen LogP contribution in [0.1, 0.15) is 6.42 Å². The van der Waals surface area contributed by atoms with Crippen LogP contribution < -0.4 is 5.32 Å². The van der Waals surface area contributed by atoms with Gasteiger partial charge >= 0.3 is 0 Å². The molecule has 0 aliphatic heterocycles. The van der Waals surface area contributed by atoms with Crippen LogP contribution in [0, 0.1) is 0 Å². The molecule has 3 nitrogen and oxygen atoms in total. The quantitative estimate of drug-likeness (QED) is 0.580. The van der Waals surface area contributed by atoms with Crippen molar-refractivity contribution in [3.63, 3.8) is 0 Å². The number of benzene rings is 2. The Kier molecular flexibility index (Phi) is 5.51. The zero-order valence-electron chi connectivity index (χ0n) is 12.6. The van der Waals surface area contributed by atoms with Crippen molar-refractivity contribution in [3.8, 4) is 21.8 Å². The maximum absolute atomic E-state index is 11.7. The first-order chi connectivity index (χ1) is 11.7. The highest BCUT2D eigenvalue weighted by atomic mass is 35.5. The molecule has 6 heteroatoms. The fourth-order valence-electron chi connectivity index (χ4n) is 2.23. The van der Waals surface area contributed by atoms with Gasteiger partial charge in [0, 0.05) is 34.5 Å². The summed E-state index contributed by atoms with van der Waals surface area (Å²) in [5.41, 5.74) is 3.44. The fraction of sp³-hybridized carbons (Fsp3) is 0.111. The van der Waals surface area contributed by atoms with Gasteiger partial charge in [-0.25, -0.2) is 4.98 Å². The van der Waals surface area contributed by atoms with Gasteiger partial charge in [-0.05, 0) is 18.2 Å². The van der Waals surface area contributed by atoms with Crippen LogP contribution in [-0.4, -0.2) is 16.8 Å². The molecule has 122 valence electrons. The monoisotopic (exact) mass is 376 g/mol. The van der Waals surface area contributed by atoms with Gasteiger partial charge in [-0.15, -0.1) is 22.9 Å². The van der Waals surface area contributed by atoms with Crippen molar-refractivity contribution in [1.29, 1.82) is 0 Å². The van der Waals surface area contributed by atoms with Gasteiger partial charge in [-0.1, -0.05) is 41.9 Å². The van der Waals surface area contributed by atoms with E-state index in [0.717, 1.165) is 27.5 Å². The van der Waals surface area contributed by atoms with Crippen LogP contribution in [-0.2, 0) is 4.79 Å². The molecule has 0 fully saturated rings. The Labute approximate surface area is 154 Å². The second kappa shape index (κ2) is 7.79. The highest BCUT2D eigenvalue weighted by molar-refractivity contribution is 7.13. The summed E-state index contributed by atoms with van der Waals surface area (Å²) >= 11 is 13.4. The number of rotatable bonds is 5. The van der Waals surface area contributed by atoms with Crippen LogP contribution in [0.3, 0.4) is 0 Å². The van der Waals surface area contributed by atoms with Crippen molar-refractivity contribution in [3.05, 3.63) is 58.9 Å². The maximum Gasteiger partial charge on any atom is 0.225 e. The van der Waals surface area contributed by atoms with Crippen molar-refractivity contribution in [1.82, 2.24) is 4.98 Å². The number of anilines is 1. The minimum Gasteiger partial charge on any atom is -0.326 e. The average Bonchev–Trinajstić information content (AvgIpc) is 3.05. The van der Waals surface area contributed by atoms with E-state index in [1.807, 2.05) is 53.9 Å². The second-order valence-corrected chi connectivity index (χ2v) is 6.73. The van der Waals surface area contributed by atoms with E-state index in [4.69, 9.17) is 23.2 Å². The number of nitrogens with zero attached hydrogens (tertiary/aromatic N) is 1. The molecule has 0 radical (unpaired) electrons. The molecule has 0 atom stereocenters. The molecule has 24 heavy (non-hydrogen) atoms. The Morgan fingerprint density at radius 1 is 1.17 bits per heavy atom. The van der Waals surface area contributed by atoms with Crippen molar-refractivity contribution < 1.29 is 4.79 Å². The van der Waals surface area contributed by atoms with E-state index < -0.39 is 0 Å². The Morgan fingerprint density at radius 3 is 2.79 bits per heavy atom. The van der Waals surface area contributed by atoms with E-state index in [1.54, 1.807) is 0 Å². The Balaban J connectivity index is 1.85. The van der Waals surface area contributed by atoms with Crippen LogP contribution in [0.25, 0.3) is 21.8 Å². The molecule has 3 aromatic rings. The zero-order chi connectivity index (χ0) is 16.9. The predicted octanol–water partition coefficient (Wildman–Crippen LogP) is 5.70. The van der Waals surface area contributed by atoms with Gasteiger partial charge in [0.2, 0.25) is 5.91 Å². The molecule has 0 aliphatic rings. The minimum absolute atomic E-state index is 0.0998. The average molecular weight is 377 g/mol. The van der Waals surface area contributed by atoms with Crippen LogP contribution >= 0.6 is 34.5 Å². The van der Waals surface area contributed by atoms with Gasteiger partial charge in [-0.2, -0.15) is 0 Å². The first kappa shape index (κ1) is 17.0. The fourth-order valence-corrected chi connectivity index (χ4v) is 3.55. The van der Waals surface area contributed by atoms with Gasteiger partial charge in [0.25, 0.3) is 0 Å². The summed E-state index contributed by atoms with van der Waals surface area (Å²) in [4.78, 5) is 16.3. The summed E-state index contributed by atoms with van der Waals surface area (Å²) in [6.45, 7) is 0. The number of carbonyl (C=O) groups is 1. The first-order valence-electron chi connectivity index (χ1n) is 7.34. The molecule has 0 saturated carbocycles. The van der Waals surface area contributed by atoms with E-state index >= 15 is 0 Å². The van der Waals surface area contributed by atoms with Crippen LogP contribution in [0.15, 0.2) is 53.9 Å². The van der Waals surface area contributed by atoms with Crippen LogP contribution in [0.4, 0.5) is 5.69 Å². The number of amides is 1. The first-order valence-corrected chi connectivity index (χ1v) is 9.13. The highest BCUT2D eigenvalue weighted by Crippen LogP contribution is 2.33. The lowest BCUT2D eigenvalue weighted by Gasteiger charge is -2.05. The summed E-state index contributed by atoms with van der Waals surface area (Å²) in [6, 6.07) is 15.2. The van der Waals surface area contributed by atoms with Crippen LogP contribution in [0.5, 0.6) is 0 Å². The summed E-state index contributed by atoms with van der Waals surface area (Å²) in [5, 5.41) is 6.36. The zero-order valence-corrected chi connectivity index (χ0v) is 15.0. The van der Waals surface area contributed by atoms with E-state index in [-0.39, 0.29) is 5.91 Å². The molecule has 0 unspecified atom stereocenters. The molecule has 1 aromatic heterocycles. The number of halogens is 2. The topological polar surface area (TPSA) is 42.0 Å². The van der Waals surface area contributed by atoms with Gasteiger partial charge in [-0.3, -0.25) is 4.79 Å². The normalized spacial score (nSPS) is 10.6.